The summed E-state index contributed by atoms with van der Waals surface area (Å²) in [5.74, 6) is -4.43. The predicted octanol–water partition coefficient (Wildman–Crippen LogP) is 2.86. The van der Waals surface area contributed by atoms with Gasteiger partial charge in [0.05, 0.1) is 6.04 Å². The fourth-order valence-corrected chi connectivity index (χ4v) is 6.44. The van der Waals surface area contributed by atoms with E-state index in [9.17, 15) is 39.3 Å². The molecule has 5 aromatic rings. The lowest BCUT2D eigenvalue weighted by molar-refractivity contribution is -0.142. The zero-order valence-corrected chi connectivity index (χ0v) is 31.6. The van der Waals surface area contributed by atoms with Crippen LogP contribution in [0.15, 0.2) is 109 Å². The Labute approximate surface area is 329 Å². The first kappa shape index (κ1) is 41.5. The van der Waals surface area contributed by atoms with Crippen LogP contribution in [0.2, 0.25) is 0 Å². The van der Waals surface area contributed by atoms with Crippen molar-refractivity contribution in [2.45, 2.75) is 69.7 Å². The van der Waals surface area contributed by atoms with Gasteiger partial charge in [-0.1, -0.05) is 86.6 Å². The summed E-state index contributed by atoms with van der Waals surface area (Å²) in [4.78, 5) is 71.0. The second-order valence-corrected chi connectivity index (χ2v) is 14.4. The summed E-state index contributed by atoms with van der Waals surface area (Å²) in [6, 6.07) is 22.7. The van der Waals surface area contributed by atoms with Crippen molar-refractivity contribution in [1.29, 1.82) is 0 Å². The summed E-state index contributed by atoms with van der Waals surface area (Å²) in [6.45, 7) is 3.39. The number of para-hydroxylation sites is 1. The number of aliphatic carboxylic acids is 1. The zero-order valence-electron chi connectivity index (χ0n) is 31.6. The van der Waals surface area contributed by atoms with E-state index in [1.807, 2.05) is 30.3 Å². The Morgan fingerprint density at radius 3 is 1.68 bits per heavy atom. The molecule has 0 aliphatic carbocycles. The van der Waals surface area contributed by atoms with E-state index in [0.717, 1.165) is 16.5 Å². The Hall–Kier alpha value is -6.67. The van der Waals surface area contributed by atoms with Crippen molar-refractivity contribution in [3.05, 3.63) is 132 Å². The number of aromatic nitrogens is 1. The number of carbonyl (C=O) groups is 5. The molecule has 0 saturated heterocycles. The Morgan fingerprint density at radius 1 is 0.579 bits per heavy atom. The van der Waals surface area contributed by atoms with Gasteiger partial charge in [0.2, 0.25) is 23.6 Å². The molecular weight excluding hydrogens is 729 g/mol. The number of carboxylic acids is 1. The van der Waals surface area contributed by atoms with Gasteiger partial charge in [0.25, 0.3) is 0 Å². The topological polar surface area (TPSA) is 236 Å². The average Bonchev–Trinajstić information content (AvgIpc) is 3.60. The van der Waals surface area contributed by atoms with E-state index >= 15 is 0 Å². The molecule has 5 rings (SSSR count). The van der Waals surface area contributed by atoms with Crippen molar-refractivity contribution in [2.24, 2.45) is 11.7 Å². The molecule has 4 aromatic carbocycles. The Morgan fingerprint density at radius 2 is 1.07 bits per heavy atom. The number of carbonyl (C=O) groups excluding carboxylic acids is 4. The molecule has 0 fully saturated rings. The second kappa shape index (κ2) is 19.3. The number of hydrogen-bond acceptors (Lipinski definition) is 8. The number of rotatable bonds is 18. The van der Waals surface area contributed by atoms with E-state index in [1.54, 1.807) is 68.6 Å². The summed E-state index contributed by atoms with van der Waals surface area (Å²) >= 11 is 0. The number of fused-ring (bicyclic) bond motifs is 1. The molecule has 5 atom stereocenters. The van der Waals surface area contributed by atoms with Crippen LogP contribution in [-0.4, -0.2) is 80.1 Å². The molecule has 1 heterocycles. The number of aromatic amines is 1. The number of nitrogens with two attached hydrogens (primary N) is 1. The minimum absolute atomic E-state index is 0.000998. The number of phenolic OH excluding ortho intramolecular Hbond substituents is 2. The van der Waals surface area contributed by atoms with E-state index in [2.05, 4.69) is 26.3 Å². The molecule has 10 N–H and O–H groups in total. The lowest BCUT2D eigenvalue weighted by atomic mass is 9.99. The van der Waals surface area contributed by atoms with Crippen LogP contribution in [0.3, 0.4) is 0 Å². The van der Waals surface area contributed by atoms with Crippen LogP contribution >= 0.6 is 0 Å². The third kappa shape index (κ3) is 11.7. The molecule has 298 valence electrons. The molecule has 0 radical (unpaired) electrons. The van der Waals surface area contributed by atoms with Crippen molar-refractivity contribution >= 4 is 40.5 Å². The Bertz CT molecular complexity index is 2150. The first-order valence-electron chi connectivity index (χ1n) is 18.6. The fraction of sp³-hybridized carbons (Fsp3) is 0.279. The highest BCUT2D eigenvalue weighted by molar-refractivity contribution is 5.96. The number of amides is 4. The zero-order chi connectivity index (χ0) is 41.1. The van der Waals surface area contributed by atoms with Crippen molar-refractivity contribution in [3.8, 4) is 11.5 Å². The third-order valence-corrected chi connectivity index (χ3v) is 9.61. The minimum Gasteiger partial charge on any atom is -0.508 e. The number of aromatic hydroxyl groups is 2. The number of phenols is 2. The number of hydrogen-bond donors (Lipinski definition) is 9. The van der Waals surface area contributed by atoms with E-state index in [4.69, 9.17) is 5.73 Å². The fourth-order valence-electron chi connectivity index (χ4n) is 6.44. The summed E-state index contributed by atoms with van der Waals surface area (Å²) in [6.07, 6.45) is 1.86. The first-order valence-corrected chi connectivity index (χ1v) is 18.6. The smallest absolute Gasteiger partial charge is 0.326 e. The third-order valence-electron chi connectivity index (χ3n) is 9.61. The van der Waals surface area contributed by atoms with Gasteiger partial charge in [0.1, 0.15) is 35.7 Å². The van der Waals surface area contributed by atoms with Crippen LogP contribution in [0.1, 0.15) is 36.1 Å². The molecule has 0 unspecified atom stereocenters. The van der Waals surface area contributed by atoms with Crippen molar-refractivity contribution in [1.82, 2.24) is 26.3 Å². The quantitative estimate of drug-likeness (QED) is 0.0636. The molecule has 0 bridgehead atoms. The van der Waals surface area contributed by atoms with Gasteiger partial charge < -0.3 is 47.3 Å². The Kier molecular flexibility index (Phi) is 14.0. The summed E-state index contributed by atoms with van der Waals surface area (Å²) in [5, 5.41) is 40.9. The minimum atomic E-state index is -1.34. The maximum Gasteiger partial charge on any atom is 0.326 e. The maximum absolute atomic E-state index is 14.3. The average molecular weight is 777 g/mol. The SMILES string of the molecule is CC(C)[C@H](NC(=O)[C@H](Cc1c[nH]c2ccccc12)NC(=O)[C@H](Cc1ccccc1)NC(=O)[C@@H](N)Cc1ccc(O)cc1)C(=O)N[C@@H](Cc1ccc(O)cc1)C(=O)O. The first-order chi connectivity index (χ1) is 27.3. The normalized spacial score (nSPS) is 13.8. The van der Waals surface area contributed by atoms with E-state index in [-0.39, 0.29) is 37.2 Å². The van der Waals surface area contributed by atoms with Gasteiger partial charge >= 0.3 is 5.97 Å². The van der Waals surface area contributed by atoms with Crippen LogP contribution < -0.4 is 27.0 Å². The molecule has 0 aliphatic rings. The standard InChI is InChI=1S/C43H48N6O8/c1-25(2)38(42(55)48-37(43(56)57)22-28-14-18-31(51)19-15-28)49-41(54)36(23-29-24-45-34-11-7-6-10-32(29)34)47-40(53)35(21-26-8-4-3-5-9-26)46-39(52)33(44)20-27-12-16-30(50)17-13-27/h3-19,24-25,33,35-38,45,50-51H,20-23,44H2,1-2H3,(H,46,52)(H,47,53)(H,48,55)(H,49,54)(H,56,57)/t33-,35-,36-,37-,38-/m0/s1. The number of nitrogens with one attached hydrogen (secondary N) is 5. The van der Waals surface area contributed by atoms with E-state index in [1.165, 1.54) is 24.3 Å². The van der Waals surface area contributed by atoms with Gasteiger partial charge in [0.15, 0.2) is 0 Å². The van der Waals surface area contributed by atoms with Gasteiger partial charge in [0, 0.05) is 36.4 Å². The maximum atomic E-state index is 14.3. The number of benzene rings is 4. The molecule has 1 aromatic heterocycles. The lowest BCUT2D eigenvalue weighted by Crippen LogP contribution is -2.60. The van der Waals surface area contributed by atoms with Crippen molar-refractivity contribution < 1.29 is 39.3 Å². The van der Waals surface area contributed by atoms with Crippen molar-refractivity contribution in [3.63, 3.8) is 0 Å². The monoisotopic (exact) mass is 776 g/mol. The molecule has 0 aliphatic heterocycles. The van der Waals surface area contributed by atoms with E-state index < -0.39 is 65.7 Å². The van der Waals surface area contributed by atoms with Gasteiger partial charge in [-0.25, -0.2) is 4.79 Å². The molecule has 0 spiro atoms. The molecule has 57 heavy (non-hydrogen) atoms. The Balaban J connectivity index is 1.38. The summed E-state index contributed by atoms with van der Waals surface area (Å²) in [7, 11) is 0. The van der Waals surface area contributed by atoms with Gasteiger partial charge in [-0.05, 0) is 64.9 Å². The van der Waals surface area contributed by atoms with Crippen LogP contribution in [0.25, 0.3) is 10.9 Å². The van der Waals surface area contributed by atoms with Crippen LogP contribution in [-0.2, 0) is 49.7 Å². The van der Waals surface area contributed by atoms with Crippen molar-refractivity contribution in [2.75, 3.05) is 0 Å². The number of H-pyrrole nitrogens is 1. The van der Waals surface area contributed by atoms with Gasteiger partial charge in [-0.2, -0.15) is 0 Å². The largest absolute Gasteiger partial charge is 0.508 e. The predicted molar refractivity (Wildman–Crippen MR) is 214 cm³/mol. The molecule has 14 nitrogen and oxygen atoms in total. The highest BCUT2D eigenvalue weighted by atomic mass is 16.4. The molecule has 14 heteroatoms. The van der Waals surface area contributed by atoms with Gasteiger partial charge in [-0.15, -0.1) is 0 Å². The van der Waals surface area contributed by atoms with Crippen LogP contribution in [0.4, 0.5) is 0 Å². The van der Waals surface area contributed by atoms with Gasteiger partial charge in [-0.3, -0.25) is 19.2 Å². The highest BCUT2D eigenvalue weighted by Crippen LogP contribution is 2.20. The summed E-state index contributed by atoms with van der Waals surface area (Å²) in [5.41, 5.74) is 9.79. The molecule has 4 amide bonds. The highest BCUT2D eigenvalue weighted by Gasteiger charge is 2.34. The van der Waals surface area contributed by atoms with Crippen LogP contribution in [0.5, 0.6) is 11.5 Å². The van der Waals surface area contributed by atoms with E-state index in [0.29, 0.717) is 16.7 Å². The summed E-state index contributed by atoms with van der Waals surface area (Å²) < 4.78 is 0. The lowest BCUT2D eigenvalue weighted by Gasteiger charge is -2.28. The number of carboxylic acid groups (broad SMARTS) is 1. The molecule has 0 saturated carbocycles. The van der Waals surface area contributed by atoms with Crippen LogP contribution in [0, 0.1) is 5.92 Å². The molecular formula is C43H48N6O8. The second-order valence-electron chi connectivity index (χ2n) is 14.4.